The van der Waals surface area contributed by atoms with Crippen molar-refractivity contribution in [2.75, 3.05) is 6.54 Å². The minimum absolute atomic E-state index is 0.00507. The number of hydrogen-bond donors (Lipinski definition) is 1. The monoisotopic (exact) mass is 311 g/mol. The summed E-state index contributed by atoms with van der Waals surface area (Å²) in [5.41, 5.74) is 0.615. The average molecular weight is 312 g/mol. The van der Waals surface area contributed by atoms with Crippen LogP contribution in [0.2, 0.25) is 5.02 Å². The summed E-state index contributed by atoms with van der Waals surface area (Å²) in [7, 11) is 0. The third-order valence-electron chi connectivity index (χ3n) is 3.20. The highest BCUT2D eigenvalue weighted by Crippen LogP contribution is 2.27. The lowest BCUT2D eigenvalue weighted by atomic mass is 10.2. The Kier molecular flexibility index (Phi) is 4.96. The van der Waals surface area contributed by atoms with Gasteiger partial charge in [-0.2, -0.15) is 0 Å². The Morgan fingerprint density at radius 3 is 2.71 bits per heavy atom. The lowest BCUT2D eigenvalue weighted by molar-refractivity contribution is -0.138. The van der Waals surface area contributed by atoms with Crippen LogP contribution in [0.4, 0.5) is 4.39 Å². The number of carboxylic acids is 1. The molecule has 2 rings (SSSR count). The molecule has 1 aromatic rings. The predicted molar refractivity (Wildman–Crippen MR) is 77.4 cm³/mol. The molecule has 0 aromatic heterocycles. The molecular formula is C15H15ClFNO3. The molecule has 0 radical (unpaired) electrons. The summed E-state index contributed by atoms with van der Waals surface area (Å²) in [6.07, 6.45) is 4.65. The maximum absolute atomic E-state index is 13.0. The molecule has 0 heterocycles. The van der Waals surface area contributed by atoms with Crippen LogP contribution in [0.5, 0.6) is 0 Å². The van der Waals surface area contributed by atoms with Gasteiger partial charge in [0, 0.05) is 18.7 Å². The van der Waals surface area contributed by atoms with Crippen molar-refractivity contribution in [1.82, 2.24) is 4.90 Å². The summed E-state index contributed by atoms with van der Waals surface area (Å²) in [6.45, 7) is 0.202. The number of amides is 1. The fourth-order valence-electron chi connectivity index (χ4n) is 1.95. The molecule has 112 valence electrons. The summed E-state index contributed by atoms with van der Waals surface area (Å²) in [6, 6.07) is 4.32. The molecule has 1 aliphatic carbocycles. The van der Waals surface area contributed by atoms with Gasteiger partial charge in [0.25, 0.3) is 0 Å². The van der Waals surface area contributed by atoms with Crippen molar-refractivity contribution in [2.24, 2.45) is 0 Å². The van der Waals surface area contributed by atoms with E-state index in [0.717, 1.165) is 12.8 Å². The maximum atomic E-state index is 13.0. The number of halogens is 2. The molecule has 1 saturated carbocycles. The van der Waals surface area contributed by atoms with E-state index in [4.69, 9.17) is 16.7 Å². The van der Waals surface area contributed by atoms with Gasteiger partial charge in [0.15, 0.2) is 0 Å². The van der Waals surface area contributed by atoms with E-state index in [1.54, 1.807) is 11.0 Å². The minimum Gasteiger partial charge on any atom is -0.481 e. The molecule has 0 saturated heterocycles. The summed E-state index contributed by atoms with van der Waals surface area (Å²) in [5.74, 6) is -1.68. The number of hydrogen-bond acceptors (Lipinski definition) is 2. The normalized spacial score (nSPS) is 14.4. The first-order valence-corrected chi connectivity index (χ1v) is 7.00. The Morgan fingerprint density at radius 1 is 1.43 bits per heavy atom. The van der Waals surface area contributed by atoms with Gasteiger partial charge >= 0.3 is 5.97 Å². The van der Waals surface area contributed by atoms with Crippen molar-refractivity contribution < 1.29 is 19.1 Å². The van der Waals surface area contributed by atoms with E-state index in [1.807, 2.05) is 0 Å². The van der Waals surface area contributed by atoms with Crippen LogP contribution in [0.15, 0.2) is 24.3 Å². The summed E-state index contributed by atoms with van der Waals surface area (Å²) in [4.78, 5) is 24.3. The highest BCUT2D eigenvalue weighted by molar-refractivity contribution is 6.30. The second kappa shape index (κ2) is 6.72. The van der Waals surface area contributed by atoms with Crippen molar-refractivity contribution in [1.29, 1.82) is 0 Å². The average Bonchev–Trinajstić information content (AvgIpc) is 3.24. The third-order valence-corrected chi connectivity index (χ3v) is 3.49. The van der Waals surface area contributed by atoms with Crippen LogP contribution in [0.1, 0.15) is 24.8 Å². The first-order valence-electron chi connectivity index (χ1n) is 6.63. The van der Waals surface area contributed by atoms with E-state index in [-0.39, 0.29) is 29.9 Å². The lowest BCUT2D eigenvalue weighted by Gasteiger charge is -2.19. The van der Waals surface area contributed by atoms with Crippen LogP contribution in [0, 0.1) is 5.82 Å². The topological polar surface area (TPSA) is 57.6 Å². The van der Waals surface area contributed by atoms with Crippen LogP contribution >= 0.6 is 11.6 Å². The number of carboxylic acid groups (broad SMARTS) is 1. The standard InChI is InChI=1S/C15H15ClFNO3/c16-12-9-10(1-5-13(12)17)2-6-14(19)18(11-3-4-11)8-7-15(20)21/h1-2,5-6,9,11H,3-4,7-8H2,(H,20,21)/b6-2+. The molecule has 0 unspecified atom stereocenters. The number of nitrogens with zero attached hydrogens (tertiary/aromatic N) is 1. The highest BCUT2D eigenvalue weighted by atomic mass is 35.5. The molecule has 1 amide bonds. The number of aliphatic carboxylic acids is 1. The van der Waals surface area contributed by atoms with Gasteiger partial charge in [-0.3, -0.25) is 9.59 Å². The van der Waals surface area contributed by atoms with Gasteiger partial charge in [-0.25, -0.2) is 4.39 Å². The first kappa shape index (κ1) is 15.5. The van der Waals surface area contributed by atoms with Gasteiger partial charge in [0.2, 0.25) is 5.91 Å². The Labute approximate surface area is 126 Å². The SMILES string of the molecule is O=C(O)CCN(C(=O)/C=C/c1ccc(F)c(Cl)c1)C1CC1. The molecule has 0 spiro atoms. The van der Waals surface area contributed by atoms with Crippen LogP contribution in [-0.2, 0) is 9.59 Å². The van der Waals surface area contributed by atoms with E-state index in [2.05, 4.69) is 0 Å². The van der Waals surface area contributed by atoms with Gasteiger partial charge in [0.05, 0.1) is 11.4 Å². The van der Waals surface area contributed by atoms with Crippen LogP contribution < -0.4 is 0 Å². The Hall–Kier alpha value is -1.88. The quantitative estimate of drug-likeness (QED) is 0.822. The molecule has 21 heavy (non-hydrogen) atoms. The van der Waals surface area contributed by atoms with Gasteiger partial charge in [-0.1, -0.05) is 17.7 Å². The highest BCUT2D eigenvalue weighted by Gasteiger charge is 2.31. The smallest absolute Gasteiger partial charge is 0.305 e. The number of carbonyl (C=O) groups is 2. The van der Waals surface area contributed by atoms with E-state index in [0.29, 0.717) is 5.56 Å². The second-order valence-electron chi connectivity index (χ2n) is 4.91. The van der Waals surface area contributed by atoms with Crippen LogP contribution in [0.25, 0.3) is 6.08 Å². The summed E-state index contributed by atoms with van der Waals surface area (Å²) in [5, 5.41) is 8.70. The molecule has 1 aromatic carbocycles. The number of benzene rings is 1. The number of rotatable bonds is 6. The zero-order valence-electron chi connectivity index (χ0n) is 11.3. The molecular weight excluding hydrogens is 297 g/mol. The van der Waals surface area contributed by atoms with Crippen molar-refractivity contribution in [3.05, 3.63) is 40.7 Å². The molecule has 1 aliphatic rings. The fraction of sp³-hybridized carbons (Fsp3) is 0.333. The summed E-state index contributed by atoms with van der Waals surface area (Å²) >= 11 is 5.67. The van der Waals surface area contributed by atoms with E-state index < -0.39 is 11.8 Å². The fourth-order valence-corrected chi connectivity index (χ4v) is 2.14. The van der Waals surface area contributed by atoms with Crippen molar-refractivity contribution >= 4 is 29.6 Å². The van der Waals surface area contributed by atoms with Gasteiger partial charge in [0.1, 0.15) is 5.82 Å². The molecule has 0 atom stereocenters. The van der Waals surface area contributed by atoms with E-state index in [1.165, 1.54) is 24.3 Å². The van der Waals surface area contributed by atoms with E-state index >= 15 is 0 Å². The molecule has 0 aliphatic heterocycles. The largest absolute Gasteiger partial charge is 0.481 e. The molecule has 1 N–H and O–H groups in total. The lowest BCUT2D eigenvalue weighted by Crippen LogP contribution is -2.33. The maximum Gasteiger partial charge on any atom is 0.305 e. The van der Waals surface area contributed by atoms with Gasteiger partial charge < -0.3 is 10.0 Å². The minimum atomic E-state index is -0.928. The Balaban J connectivity index is 2.01. The Morgan fingerprint density at radius 2 is 2.14 bits per heavy atom. The zero-order valence-corrected chi connectivity index (χ0v) is 12.0. The van der Waals surface area contributed by atoms with Crippen molar-refractivity contribution in [3.8, 4) is 0 Å². The third kappa shape index (κ3) is 4.56. The number of carbonyl (C=O) groups excluding carboxylic acids is 1. The van der Waals surface area contributed by atoms with Crippen LogP contribution in [0.3, 0.4) is 0 Å². The predicted octanol–water partition coefficient (Wildman–Crippen LogP) is 2.96. The molecule has 1 fully saturated rings. The Bertz CT molecular complexity index is 584. The van der Waals surface area contributed by atoms with Crippen molar-refractivity contribution in [2.45, 2.75) is 25.3 Å². The van der Waals surface area contributed by atoms with Gasteiger partial charge in [-0.05, 0) is 36.6 Å². The summed E-state index contributed by atoms with van der Waals surface area (Å²) < 4.78 is 13.0. The first-order chi connectivity index (χ1) is 9.97. The second-order valence-corrected chi connectivity index (χ2v) is 5.32. The van der Waals surface area contributed by atoms with Crippen molar-refractivity contribution in [3.63, 3.8) is 0 Å². The van der Waals surface area contributed by atoms with E-state index in [9.17, 15) is 14.0 Å². The molecule has 6 heteroatoms. The molecule has 0 bridgehead atoms. The van der Waals surface area contributed by atoms with Crippen LogP contribution in [-0.4, -0.2) is 34.5 Å². The molecule has 4 nitrogen and oxygen atoms in total. The zero-order chi connectivity index (χ0) is 15.4. The van der Waals surface area contributed by atoms with Gasteiger partial charge in [-0.15, -0.1) is 0 Å².